The molecular weight excluding hydrogens is 156 g/mol. The van der Waals surface area contributed by atoms with Crippen LogP contribution in [0.25, 0.3) is 0 Å². The van der Waals surface area contributed by atoms with Gasteiger partial charge in [0.2, 0.25) is 0 Å². The van der Waals surface area contributed by atoms with Crippen molar-refractivity contribution in [2.45, 2.75) is 31.8 Å². The summed E-state index contributed by atoms with van der Waals surface area (Å²) in [7, 11) is 0. The largest absolute Gasteiger partial charge is 0.481 e. The zero-order valence-electron chi connectivity index (χ0n) is 6.94. The van der Waals surface area contributed by atoms with Gasteiger partial charge in [0.25, 0.3) is 0 Å². The molecule has 0 heterocycles. The van der Waals surface area contributed by atoms with Crippen LogP contribution in [0.2, 0.25) is 0 Å². The van der Waals surface area contributed by atoms with Crippen molar-refractivity contribution in [3.05, 3.63) is 0 Å². The summed E-state index contributed by atoms with van der Waals surface area (Å²) >= 11 is 0. The van der Waals surface area contributed by atoms with E-state index in [0.717, 1.165) is 25.7 Å². The fraction of sp³-hybridized carbons (Fsp3) is 0.889. The van der Waals surface area contributed by atoms with Crippen LogP contribution in [0.15, 0.2) is 0 Å². The third kappa shape index (κ3) is 1.12. The molecule has 0 radical (unpaired) electrons. The van der Waals surface area contributed by atoms with E-state index in [1.54, 1.807) is 0 Å². The molecule has 0 aromatic rings. The number of aliphatic carboxylic acids is 1. The van der Waals surface area contributed by atoms with Crippen molar-refractivity contribution in [1.29, 1.82) is 0 Å². The van der Waals surface area contributed by atoms with Crippen molar-refractivity contribution in [3.63, 3.8) is 0 Å². The van der Waals surface area contributed by atoms with Crippen LogP contribution < -0.4 is 0 Å². The molecule has 3 aliphatic carbocycles. The lowest BCUT2D eigenvalue weighted by atomic mass is 9.63. The number of fused-ring (bicyclic) bond motifs is 3. The van der Waals surface area contributed by atoms with Gasteiger partial charge in [-0.25, -0.2) is 0 Å². The van der Waals surface area contributed by atoms with Crippen LogP contribution in [-0.2, 0) is 4.79 Å². The number of hydrogen-bond acceptors (Lipinski definition) is 2. The highest BCUT2D eigenvalue weighted by molar-refractivity contribution is 5.70. The molecule has 0 saturated heterocycles. The molecule has 3 saturated carbocycles. The first-order valence-corrected chi connectivity index (χ1v) is 4.59. The van der Waals surface area contributed by atoms with Gasteiger partial charge in [0.05, 0.1) is 12.0 Å². The van der Waals surface area contributed by atoms with Crippen molar-refractivity contribution < 1.29 is 15.0 Å². The highest BCUT2D eigenvalue weighted by Gasteiger charge is 2.44. The molecule has 3 rings (SSSR count). The molecule has 0 aliphatic heterocycles. The standard InChI is InChI=1S/C9H14O3/c10-8-4-5-1-2-6(8)7(3-5)9(11)12/h5-8,10H,1-4H2,(H,11,12)/t5-,6+,7+,8-/m1/s1. The maximum Gasteiger partial charge on any atom is 0.306 e. The van der Waals surface area contributed by atoms with Crippen LogP contribution in [0.3, 0.4) is 0 Å². The van der Waals surface area contributed by atoms with E-state index in [1.165, 1.54) is 0 Å². The Morgan fingerprint density at radius 1 is 1.25 bits per heavy atom. The Hall–Kier alpha value is -0.570. The Morgan fingerprint density at radius 3 is 2.42 bits per heavy atom. The lowest BCUT2D eigenvalue weighted by molar-refractivity contribution is -0.152. The second-order valence-corrected chi connectivity index (χ2v) is 4.09. The first-order chi connectivity index (χ1) is 5.68. The molecule has 0 unspecified atom stereocenters. The molecule has 3 fully saturated rings. The SMILES string of the molecule is O=C(O)[C@H]1C[C@H]2CC[C@@H]1[C@H](O)C2. The van der Waals surface area contributed by atoms with E-state index in [0.29, 0.717) is 5.92 Å². The van der Waals surface area contributed by atoms with Crippen molar-refractivity contribution in [2.75, 3.05) is 0 Å². The molecule has 12 heavy (non-hydrogen) atoms. The fourth-order valence-corrected chi connectivity index (χ4v) is 2.76. The summed E-state index contributed by atoms with van der Waals surface area (Å²) < 4.78 is 0. The smallest absolute Gasteiger partial charge is 0.306 e. The van der Waals surface area contributed by atoms with Gasteiger partial charge in [-0.15, -0.1) is 0 Å². The summed E-state index contributed by atoms with van der Waals surface area (Å²) in [6, 6.07) is 0. The van der Waals surface area contributed by atoms with E-state index in [9.17, 15) is 9.90 Å². The second kappa shape index (κ2) is 2.73. The molecule has 0 spiro atoms. The molecule has 3 heteroatoms. The van der Waals surface area contributed by atoms with Crippen molar-refractivity contribution >= 4 is 5.97 Å². The van der Waals surface area contributed by atoms with Gasteiger partial charge >= 0.3 is 5.97 Å². The Bertz CT molecular complexity index is 202. The van der Waals surface area contributed by atoms with Gasteiger partial charge in [0.1, 0.15) is 0 Å². The third-order valence-corrected chi connectivity index (χ3v) is 3.40. The first-order valence-electron chi connectivity index (χ1n) is 4.59. The van der Waals surface area contributed by atoms with Crippen LogP contribution in [0.4, 0.5) is 0 Å². The number of carboxylic acid groups (broad SMARTS) is 1. The Morgan fingerprint density at radius 2 is 2.00 bits per heavy atom. The fourth-order valence-electron chi connectivity index (χ4n) is 2.76. The van der Waals surface area contributed by atoms with Gasteiger partial charge in [-0.2, -0.15) is 0 Å². The minimum atomic E-state index is -0.719. The molecular formula is C9H14O3. The summed E-state index contributed by atoms with van der Waals surface area (Å²) in [5.74, 6) is -0.491. The zero-order chi connectivity index (χ0) is 8.72. The van der Waals surface area contributed by atoms with Crippen LogP contribution in [-0.4, -0.2) is 22.3 Å². The number of hydrogen-bond donors (Lipinski definition) is 2. The minimum absolute atomic E-state index is 0.0347. The predicted molar refractivity (Wildman–Crippen MR) is 42.6 cm³/mol. The van der Waals surface area contributed by atoms with Gasteiger partial charge < -0.3 is 10.2 Å². The third-order valence-electron chi connectivity index (χ3n) is 3.40. The maximum atomic E-state index is 10.8. The lowest BCUT2D eigenvalue weighted by Gasteiger charge is -2.43. The van der Waals surface area contributed by atoms with Crippen LogP contribution in [0.1, 0.15) is 25.7 Å². The molecule has 4 atom stereocenters. The van der Waals surface area contributed by atoms with Gasteiger partial charge in [0, 0.05) is 0 Å². The zero-order valence-corrected chi connectivity index (χ0v) is 6.94. The lowest BCUT2D eigenvalue weighted by Crippen LogP contribution is -2.44. The maximum absolute atomic E-state index is 10.8. The average molecular weight is 170 g/mol. The molecule has 3 aliphatic rings. The first kappa shape index (κ1) is 8.05. The Kier molecular flexibility index (Phi) is 1.83. The molecule has 2 N–H and O–H groups in total. The number of aliphatic hydroxyl groups excluding tert-OH is 1. The molecule has 0 aromatic carbocycles. The molecule has 0 aromatic heterocycles. The minimum Gasteiger partial charge on any atom is -0.481 e. The van der Waals surface area contributed by atoms with Gasteiger partial charge in [-0.05, 0) is 37.5 Å². The van der Waals surface area contributed by atoms with Crippen molar-refractivity contribution in [1.82, 2.24) is 0 Å². The number of aliphatic hydroxyl groups is 1. The molecule has 3 nitrogen and oxygen atoms in total. The van der Waals surface area contributed by atoms with E-state index < -0.39 is 5.97 Å². The topological polar surface area (TPSA) is 57.5 Å². The van der Waals surface area contributed by atoms with Crippen molar-refractivity contribution in [2.24, 2.45) is 17.8 Å². The summed E-state index contributed by atoms with van der Waals surface area (Å²) in [5.41, 5.74) is 0. The monoisotopic (exact) mass is 170 g/mol. The van der Waals surface area contributed by atoms with Crippen LogP contribution in [0, 0.1) is 17.8 Å². The number of rotatable bonds is 1. The van der Waals surface area contributed by atoms with E-state index in [2.05, 4.69) is 0 Å². The highest BCUT2D eigenvalue weighted by atomic mass is 16.4. The van der Waals surface area contributed by atoms with Crippen molar-refractivity contribution in [3.8, 4) is 0 Å². The van der Waals surface area contributed by atoms with E-state index in [-0.39, 0.29) is 17.9 Å². The summed E-state index contributed by atoms with van der Waals surface area (Å²) in [4.78, 5) is 10.8. The predicted octanol–water partition coefficient (Wildman–Crippen LogP) is 0.868. The van der Waals surface area contributed by atoms with E-state index in [4.69, 9.17) is 5.11 Å². The average Bonchev–Trinajstić information content (AvgIpc) is 2.04. The molecule has 2 bridgehead atoms. The van der Waals surface area contributed by atoms with Gasteiger partial charge in [0.15, 0.2) is 0 Å². The van der Waals surface area contributed by atoms with Crippen LogP contribution >= 0.6 is 0 Å². The quantitative estimate of drug-likeness (QED) is 0.614. The number of carbonyl (C=O) groups is 1. The van der Waals surface area contributed by atoms with Crippen LogP contribution in [0.5, 0.6) is 0 Å². The second-order valence-electron chi connectivity index (χ2n) is 4.09. The molecule has 68 valence electrons. The molecule has 0 amide bonds. The van der Waals surface area contributed by atoms with E-state index >= 15 is 0 Å². The van der Waals surface area contributed by atoms with Gasteiger partial charge in [-0.3, -0.25) is 4.79 Å². The number of carboxylic acids is 1. The summed E-state index contributed by atoms with van der Waals surface area (Å²) in [6.07, 6.45) is 3.29. The Labute approximate surface area is 71.4 Å². The summed E-state index contributed by atoms with van der Waals surface area (Å²) in [6.45, 7) is 0. The Balaban J connectivity index is 2.14. The highest BCUT2D eigenvalue weighted by Crippen LogP contribution is 2.45. The normalized spacial score (nSPS) is 46.1. The van der Waals surface area contributed by atoms with E-state index in [1.807, 2.05) is 0 Å². The van der Waals surface area contributed by atoms with Gasteiger partial charge in [-0.1, -0.05) is 0 Å². The summed E-state index contributed by atoms with van der Waals surface area (Å²) in [5, 5.41) is 18.4.